The summed E-state index contributed by atoms with van der Waals surface area (Å²) in [6, 6.07) is 61.3. The quantitative estimate of drug-likeness (QED) is 0.188. The zero-order chi connectivity index (χ0) is 32.8. The number of hydrogen-bond acceptors (Lipinski definition) is 3. The molecule has 0 unspecified atom stereocenters. The van der Waals surface area contributed by atoms with Gasteiger partial charge < -0.3 is 13.9 Å². The van der Waals surface area contributed by atoms with Crippen LogP contribution in [0.15, 0.2) is 174 Å². The van der Waals surface area contributed by atoms with Crippen molar-refractivity contribution in [3.63, 3.8) is 0 Å². The Bertz CT molecular complexity index is 3110. The van der Waals surface area contributed by atoms with Gasteiger partial charge in [-0.2, -0.15) is 0 Å². The number of furan rings is 1. The summed E-state index contributed by atoms with van der Waals surface area (Å²) in [4.78, 5) is 2.47. The molecule has 4 heteroatoms. The number of hydrogen-bond donors (Lipinski definition) is 0. The Kier molecular flexibility index (Phi) is 5.83. The summed E-state index contributed by atoms with van der Waals surface area (Å²) >= 11 is 1.86. The van der Waals surface area contributed by atoms with Crippen LogP contribution in [0.3, 0.4) is 0 Å². The molecule has 0 atom stereocenters. The van der Waals surface area contributed by atoms with Gasteiger partial charge in [0.25, 0.3) is 0 Å². The van der Waals surface area contributed by atoms with E-state index in [-0.39, 0.29) is 0 Å². The zero-order valence-corrected chi connectivity index (χ0v) is 27.7. The lowest BCUT2D eigenvalue weighted by Crippen LogP contribution is -2.11. The first-order valence-electron chi connectivity index (χ1n) is 16.9. The highest BCUT2D eigenvalue weighted by Gasteiger charge is 2.24. The molecule has 0 aliphatic carbocycles. The average molecular weight is 657 g/mol. The Morgan fingerprint density at radius 2 is 1.14 bits per heavy atom. The van der Waals surface area contributed by atoms with Gasteiger partial charge in [-0.1, -0.05) is 103 Å². The van der Waals surface area contributed by atoms with Gasteiger partial charge in [0.2, 0.25) is 0 Å². The minimum atomic E-state index is 0.885. The fourth-order valence-electron chi connectivity index (χ4n) is 7.93. The van der Waals surface area contributed by atoms with Crippen molar-refractivity contribution in [2.75, 3.05) is 4.90 Å². The Labute approximate surface area is 291 Å². The highest BCUT2D eigenvalue weighted by atomic mass is 32.1. The maximum absolute atomic E-state index is 6.48. The second kappa shape index (κ2) is 10.6. The third-order valence-corrected chi connectivity index (χ3v) is 11.3. The van der Waals surface area contributed by atoms with Crippen molar-refractivity contribution in [1.29, 1.82) is 0 Å². The molecule has 0 radical (unpaired) electrons. The van der Waals surface area contributed by atoms with Crippen LogP contribution in [0.1, 0.15) is 0 Å². The van der Waals surface area contributed by atoms with Crippen molar-refractivity contribution in [2.45, 2.75) is 0 Å². The Balaban J connectivity index is 1.27. The van der Waals surface area contributed by atoms with Crippen LogP contribution in [0.25, 0.3) is 80.4 Å². The molecule has 0 N–H and O–H groups in total. The summed E-state index contributed by atoms with van der Waals surface area (Å²) in [6.07, 6.45) is 0. The molecule has 11 rings (SSSR count). The van der Waals surface area contributed by atoms with E-state index < -0.39 is 0 Å². The number of para-hydroxylation sites is 3. The Morgan fingerprint density at radius 3 is 2.02 bits per heavy atom. The van der Waals surface area contributed by atoms with E-state index >= 15 is 0 Å². The second-order valence-electron chi connectivity index (χ2n) is 12.9. The predicted molar refractivity (Wildman–Crippen MR) is 213 cm³/mol. The van der Waals surface area contributed by atoms with Crippen LogP contribution in [0.4, 0.5) is 17.1 Å². The van der Waals surface area contributed by atoms with E-state index in [9.17, 15) is 0 Å². The van der Waals surface area contributed by atoms with Crippen LogP contribution in [0, 0.1) is 0 Å². The average Bonchev–Trinajstić information content (AvgIpc) is 3.84. The van der Waals surface area contributed by atoms with Crippen LogP contribution in [0.5, 0.6) is 0 Å². The van der Waals surface area contributed by atoms with Crippen molar-refractivity contribution in [2.24, 2.45) is 0 Å². The van der Waals surface area contributed by atoms with Gasteiger partial charge in [-0.15, -0.1) is 11.3 Å². The highest BCUT2D eigenvalue weighted by molar-refractivity contribution is 7.26. The number of rotatable bonds is 4. The highest BCUT2D eigenvalue weighted by Crippen LogP contribution is 2.49. The van der Waals surface area contributed by atoms with E-state index in [1.807, 2.05) is 11.3 Å². The molecule has 0 saturated heterocycles. The molecular formula is C46H28N2OS. The van der Waals surface area contributed by atoms with Gasteiger partial charge in [0, 0.05) is 48.4 Å². The second-order valence-corrected chi connectivity index (χ2v) is 14.0. The summed E-state index contributed by atoms with van der Waals surface area (Å²) in [5.41, 5.74) is 8.62. The molecule has 0 saturated carbocycles. The van der Waals surface area contributed by atoms with Gasteiger partial charge in [-0.3, -0.25) is 0 Å². The zero-order valence-electron chi connectivity index (χ0n) is 26.9. The largest absolute Gasteiger partial charge is 0.456 e. The van der Waals surface area contributed by atoms with Gasteiger partial charge in [0.05, 0.1) is 27.1 Å². The molecule has 11 aromatic rings. The first kappa shape index (κ1) is 27.6. The lowest BCUT2D eigenvalue weighted by atomic mass is 10.0. The maximum Gasteiger partial charge on any atom is 0.136 e. The van der Waals surface area contributed by atoms with Crippen LogP contribution < -0.4 is 4.90 Å². The van der Waals surface area contributed by atoms with Crippen molar-refractivity contribution >= 4 is 103 Å². The van der Waals surface area contributed by atoms with E-state index in [0.29, 0.717) is 0 Å². The van der Waals surface area contributed by atoms with E-state index in [1.54, 1.807) is 0 Å². The Morgan fingerprint density at radius 1 is 0.460 bits per heavy atom. The topological polar surface area (TPSA) is 21.3 Å². The van der Waals surface area contributed by atoms with E-state index in [4.69, 9.17) is 4.42 Å². The summed E-state index contributed by atoms with van der Waals surface area (Å²) in [7, 11) is 0. The lowest BCUT2D eigenvalue weighted by molar-refractivity contribution is 0.669. The van der Waals surface area contributed by atoms with Gasteiger partial charge in [0.1, 0.15) is 11.2 Å². The maximum atomic E-state index is 6.48. The molecule has 0 fully saturated rings. The van der Waals surface area contributed by atoms with Crippen LogP contribution >= 0.6 is 11.3 Å². The molecule has 3 heterocycles. The molecule has 3 aromatic heterocycles. The minimum Gasteiger partial charge on any atom is -0.456 e. The lowest BCUT2D eigenvalue weighted by Gasteiger charge is -2.27. The van der Waals surface area contributed by atoms with Crippen molar-refractivity contribution in [3.05, 3.63) is 170 Å². The fourth-order valence-corrected chi connectivity index (χ4v) is 9.14. The monoisotopic (exact) mass is 656 g/mol. The molecular weight excluding hydrogens is 629 g/mol. The standard InChI is InChI=1S/C46H28N2OS/c1-2-14-31(15-3-1)48-39-20-8-6-16-33(39)35-18-10-21-40(45(35)48)47(41-22-11-19-36-34-17-7-9-23-44(34)50-46(36)41)32-24-25-42-38(28-32)37-26-29-12-4-5-13-30(29)27-43(37)49-42/h1-28H. The smallest absolute Gasteiger partial charge is 0.136 e. The number of nitrogens with zero attached hydrogens (tertiary/aromatic N) is 2. The molecule has 0 amide bonds. The van der Waals surface area contributed by atoms with E-state index in [1.165, 1.54) is 52.8 Å². The van der Waals surface area contributed by atoms with Crippen molar-refractivity contribution in [3.8, 4) is 5.69 Å². The third-order valence-electron chi connectivity index (χ3n) is 10.1. The minimum absolute atomic E-state index is 0.885. The molecule has 0 aliphatic heterocycles. The number of thiophene rings is 1. The summed E-state index contributed by atoms with van der Waals surface area (Å²) < 4.78 is 11.5. The van der Waals surface area contributed by atoms with E-state index in [2.05, 4.69) is 179 Å². The van der Waals surface area contributed by atoms with Crippen LogP contribution in [0.2, 0.25) is 0 Å². The molecule has 0 spiro atoms. The summed E-state index contributed by atoms with van der Waals surface area (Å²) in [6.45, 7) is 0. The molecule has 3 nitrogen and oxygen atoms in total. The number of fused-ring (bicyclic) bond motifs is 10. The van der Waals surface area contributed by atoms with Gasteiger partial charge in [0.15, 0.2) is 0 Å². The first-order valence-corrected chi connectivity index (χ1v) is 17.7. The predicted octanol–water partition coefficient (Wildman–Crippen LogP) is 13.7. The molecule has 234 valence electrons. The number of benzene rings is 8. The summed E-state index contributed by atoms with van der Waals surface area (Å²) in [5.74, 6) is 0. The SMILES string of the molecule is c1ccc(-n2c3ccccc3c3cccc(N(c4ccc5oc6cc7ccccc7cc6c5c4)c4cccc5c4sc4ccccc45)c32)cc1. The third kappa shape index (κ3) is 3.97. The van der Waals surface area contributed by atoms with Crippen molar-refractivity contribution < 1.29 is 4.42 Å². The van der Waals surface area contributed by atoms with Crippen LogP contribution in [-0.2, 0) is 0 Å². The normalized spacial score (nSPS) is 12.0. The molecule has 0 bridgehead atoms. The summed E-state index contributed by atoms with van der Waals surface area (Å²) in [5, 5.41) is 9.62. The van der Waals surface area contributed by atoms with Crippen LogP contribution in [-0.4, -0.2) is 4.57 Å². The van der Waals surface area contributed by atoms with Crippen molar-refractivity contribution in [1.82, 2.24) is 4.57 Å². The number of aromatic nitrogens is 1. The van der Waals surface area contributed by atoms with Gasteiger partial charge in [-0.05, 0) is 77.5 Å². The molecule has 0 aliphatic rings. The number of anilines is 3. The first-order chi connectivity index (χ1) is 24.8. The molecule has 50 heavy (non-hydrogen) atoms. The van der Waals surface area contributed by atoms with Gasteiger partial charge >= 0.3 is 0 Å². The van der Waals surface area contributed by atoms with E-state index in [0.717, 1.165) is 44.7 Å². The Hall–Kier alpha value is -6.36. The van der Waals surface area contributed by atoms with Gasteiger partial charge in [-0.25, -0.2) is 0 Å². The molecule has 8 aromatic carbocycles. The fraction of sp³-hybridized carbons (Fsp3) is 0.